The van der Waals surface area contributed by atoms with Crippen molar-refractivity contribution < 1.29 is 9.59 Å². The minimum Gasteiger partial charge on any atom is -0.343 e. The van der Waals surface area contributed by atoms with E-state index < -0.39 is 0 Å². The van der Waals surface area contributed by atoms with Crippen LogP contribution in [-0.2, 0) is 4.79 Å². The van der Waals surface area contributed by atoms with Gasteiger partial charge in [0.2, 0.25) is 5.91 Å². The largest absolute Gasteiger partial charge is 0.343 e. The van der Waals surface area contributed by atoms with Crippen molar-refractivity contribution in [2.24, 2.45) is 0 Å². The van der Waals surface area contributed by atoms with Crippen LogP contribution in [0.2, 0.25) is 0 Å². The van der Waals surface area contributed by atoms with E-state index in [4.69, 9.17) is 0 Å². The fraction of sp³-hybridized carbons (Fsp3) is 0.385. The van der Waals surface area contributed by atoms with Gasteiger partial charge in [-0.05, 0) is 12.1 Å². The van der Waals surface area contributed by atoms with E-state index in [1.54, 1.807) is 29.2 Å². The lowest BCUT2D eigenvalue weighted by atomic mass is 10.2. The molecule has 1 aliphatic heterocycles. The summed E-state index contributed by atoms with van der Waals surface area (Å²) in [5.41, 5.74) is 0.575. The monoisotopic (exact) mass is 283 g/mol. The maximum absolute atomic E-state index is 11.8. The summed E-state index contributed by atoms with van der Waals surface area (Å²) in [6.07, 6.45) is 0. The van der Waals surface area contributed by atoms with Gasteiger partial charge in [-0.25, -0.2) is 0 Å². The number of benzene rings is 1. The Morgan fingerprint density at radius 2 is 1.79 bits per heavy atom. The molecule has 19 heavy (non-hydrogen) atoms. The first-order valence-electron chi connectivity index (χ1n) is 6.09. The van der Waals surface area contributed by atoms with Crippen LogP contribution in [0.25, 0.3) is 0 Å². The van der Waals surface area contributed by atoms with Crippen molar-refractivity contribution >= 4 is 24.2 Å². The van der Waals surface area contributed by atoms with E-state index in [-0.39, 0.29) is 30.8 Å². The SMILES string of the molecule is Cl.O=C(NCC(=O)N1CCNCC1)c1ccccc1. The van der Waals surface area contributed by atoms with Crippen LogP contribution in [0.5, 0.6) is 0 Å². The smallest absolute Gasteiger partial charge is 0.251 e. The number of nitrogens with zero attached hydrogens (tertiary/aromatic N) is 1. The fourth-order valence-corrected chi connectivity index (χ4v) is 1.87. The first-order valence-corrected chi connectivity index (χ1v) is 6.09. The molecule has 0 bridgehead atoms. The number of hydrogen-bond acceptors (Lipinski definition) is 3. The highest BCUT2D eigenvalue weighted by Gasteiger charge is 2.16. The van der Waals surface area contributed by atoms with Crippen molar-refractivity contribution in [3.05, 3.63) is 35.9 Å². The fourth-order valence-electron chi connectivity index (χ4n) is 1.87. The lowest BCUT2D eigenvalue weighted by Gasteiger charge is -2.27. The third kappa shape index (κ3) is 4.54. The van der Waals surface area contributed by atoms with Gasteiger partial charge in [-0.2, -0.15) is 0 Å². The van der Waals surface area contributed by atoms with Crippen molar-refractivity contribution in [3.8, 4) is 0 Å². The average molecular weight is 284 g/mol. The second-order valence-corrected chi connectivity index (χ2v) is 4.18. The number of nitrogens with one attached hydrogen (secondary N) is 2. The summed E-state index contributed by atoms with van der Waals surface area (Å²) in [4.78, 5) is 25.3. The highest BCUT2D eigenvalue weighted by Crippen LogP contribution is 1.98. The maximum atomic E-state index is 11.8. The highest BCUT2D eigenvalue weighted by molar-refractivity contribution is 5.96. The van der Waals surface area contributed by atoms with E-state index in [1.807, 2.05) is 6.07 Å². The molecule has 1 saturated heterocycles. The van der Waals surface area contributed by atoms with Crippen molar-refractivity contribution in [2.45, 2.75) is 0 Å². The molecule has 1 fully saturated rings. The molecule has 0 atom stereocenters. The summed E-state index contributed by atoms with van der Waals surface area (Å²) in [6.45, 7) is 3.12. The number of halogens is 1. The molecule has 0 unspecified atom stereocenters. The standard InChI is InChI=1S/C13H17N3O2.ClH/c17-12(16-8-6-14-7-9-16)10-15-13(18)11-4-2-1-3-5-11;/h1-5,14H,6-10H2,(H,15,18);1H. The van der Waals surface area contributed by atoms with Crippen molar-refractivity contribution in [1.82, 2.24) is 15.5 Å². The van der Waals surface area contributed by atoms with Gasteiger partial charge in [-0.3, -0.25) is 9.59 Å². The molecule has 0 saturated carbocycles. The van der Waals surface area contributed by atoms with Crippen molar-refractivity contribution in [3.63, 3.8) is 0 Å². The highest BCUT2D eigenvalue weighted by atomic mass is 35.5. The average Bonchev–Trinajstić information content (AvgIpc) is 2.46. The normalized spacial score (nSPS) is 14.4. The van der Waals surface area contributed by atoms with Gasteiger partial charge in [0.05, 0.1) is 6.54 Å². The summed E-state index contributed by atoms with van der Waals surface area (Å²) in [5, 5.41) is 5.82. The molecule has 0 radical (unpaired) electrons. The van der Waals surface area contributed by atoms with Crippen molar-refractivity contribution in [1.29, 1.82) is 0 Å². The van der Waals surface area contributed by atoms with Gasteiger partial charge in [0.1, 0.15) is 0 Å². The molecule has 2 rings (SSSR count). The van der Waals surface area contributed by atoms with Gasteiger partial charge in [0.15, 0.2) is 0 Å². The van der Waals surface area contributed by atoms with E-state index in [0.29, 0.717) is 18.7 Å². The Labute approximate surface area is 118 Å². The van der Waals surface area contributed by atoms with E-state index in [0.717, 1.165) is 13.1 Å². The second kappa shape index (κ2) is 7.76. The third-order valence-corrected chi connectivity index (χ3v) is 2.91. The predicted octanol–water partition coefficient (Wildman–Crippen LogP) is 0.270. The molecule has 1 heterocycles. The van der Waals surface area contributed by atoms with Crippen LogP contribution in [0.4, 0.5) is 0 Å². The van der Waals surface area contributed by atoms with E-state index in [1.165, 1.54) is 0 Å². The van der Waals surface area contributed by atoms with Gasteiger partial charge >= 0.3 is 0 Å². The number of hydrogen-bond donors (Lipinski definition) is 2. The molecule has 1 aromatic rings. The molecule has 5 nitrogen and oxygen atoms in total. The molecular formula is C13H18ClN3O2. The predicted molar refractivity (Wildman–Crippen MR) is 75.5 cm³/mol. The minimum atomic E-state index is -0.209. The molecule has 0 aliphatic carbocycles. The number of carbonyl (C=O) groups excluding carboxylic acids is 2. The lowest BCUT2D eigenvalue weighted by Crippen LogP contribution is -2.49. The minimum absolute atomic E-state index is 0. The molecule has 1 aliphatic rings. The number of amides is 2. The van der Waals surface area contributed by atoms with Crippen LogP contribution in [0.1, 0.15) is 10.4 Å². The Bertz CT molecular complexity index is 419. The molecule has 2 amide bonds. The Balaban J connectivity index is 0.00000180. The van der Waals surface area contributed by atoms with Gasteiger partial charge < -0.3 is 15.5 Å². The Morgan fingerprint density at radius 1 is 1.16 bits per heavy atom. The number of rotatable bonds is 3. The molecule has 1 aromatic carbocycles. The molecular weight excluding hydrogens is 266 g/mol. The van der Waals surface area contributed by atoms with Crippen LogP contribution < -0.4 is 10.6 Å². The van der Waals surface area contributed by atoms with E-state index in [2.05, 4.69) is 10.6 Å². The van der Waals surface area contributed by atoms with Gasteiger partial charge in [0, 0.05) is 31.7 Å². The zero-order chi connectivity index (χ0) is 12.8. The summed E-state index contributed by atoms with van der Waals surface area (Å²) in [7, 11) is 0. The first kappa shape index (κ1) is 15.5. The van der Waals surface area contributed by atoms with Crippen LogP contribution >= 0.6 is 12.4 Å². The summed E-state index contributed by atoms with van der Waals surface area (Å²) in [6, 6.07) is 8.90. The van der Waals surface area contributed by atoms with Crippen LogP contribution in [0.15, 0.2) is 30.3 Å². The molecule has 104 valence electrons. The van der Waals surface area contributed by atoms with Gasteiger partial charge in [-0.1, -0.05) is 18.2 Å². The summed E-state index contributed by atoms with van der Waals surface area (Å²) >= 11 is 0. The van der Waals surface area contributed by atoms with Crippen LogP contribution in [-0.4, -0.2) is 49.4 Å². The van der Waals surface area contributed by atoms with Crippen molar-refractivity contribution in [2.75, 3.05) is 32.7 Å². The summed E-state index contributed by atoms with van der Waals surface area (Å²) in [5.74, 6) is -0.236. The second-order valence-electron chi connectivity index (χ2n) is 4.18. The first-order chi connectivity index (χ1) is 8.77. The maximum Gasteiger partial charge on any atom is 0.251 e. The molecule has 0 aromatic heterocycles. The zero-order valence-electron chi connectivity index (χ0n) is 10.6. The third-order valence-electron chi connectivity index (χ3n) is 2.91. The molecule has 6 heteroatoms. The Hall–Kier alpha value is -1.59. The summed E-state index contributed by atoms with van der Waals surface area (Å²) < 4.78 is 0. The van der Waals surface area contributed by atoms with Gasteiger partial charge in [-0.15, -0.1) is 12.4 Å². The number of piperazine rings is 1. The van der Waals surface area contributed by atoms with Gasteiger partial charge in [0.25, 0.3) is 5.91 Å². The molecule has 0 spiro atoms. The lowest BCUT2D eigenvalue weighted by molar-refractivity contribution is -0.130. The van der Waals surface area contributed by atoms with Crippen LogP contribution in [0.3, 0.4) is 0 Å². The van der Waals surface area contributed by atoms with Crippen LogP contribution in [0, 0.1) is 0 Å². The number of carbonyl (C=O) groups is 2. The molecule has 2 N–H and O–H groups in total. The van der Waals surface area contributed by atoms with E-state index in [9.17, 15) is 9.59 Å². The Morgan fingerprint density at radius 3 is 2.42 bits per heavy atom. The Kier molecular flexibility index (Phi) is 6.32. The quantitative estimate of drug-likeness (QED) is 0.837. The van der Waals surface area contributed by atoms with E-state index >= 15 is 0 Å². The zero-order valence-corrected chi connectivity index (χ0v) is 11.4. The topological polar surface area (TPSA) is 61.4 Å².